The summed E-state index contributed by atoms with van der Waals surface area (Å²) < 4.78 is 27.9. The van der Waals surface area contributed by atoms with Crippen molar-refractivity contribution in [1.82, 2.24) is 9.78 Å². The number of aromatic nitrogens is 2. The van der Waals surface area contributed by atoms with Gasteiger partial charge in [-0.3, -0.25) is 4.68 Å². The summed E-state index contributed by atoms with van der Waals surface area (Å²) in [5, 5.41) is 14.5. The summed E-state index contributed by atoms with van der Waals surface area (Å²) in [6.45, 7) is 1.51. The maximum absolute atomic E-state index is 13.1. The van der Waals surface area contributed by atoms with Gasteiger partial charge in [-0.05, 0) is 30.7 Å². The second-order valence-electron chi connectivity index (χ2n) is 4.59. The molecule has 1 N–H and O–H groups in total. The summed E-state index contributed by atoms with van der Waals surface area (Å²) in [4.78, 5) is 0. The van der Waals surface area contributed by atoms with Crippen LogP contribution >= 0.6 is 0 Å². The Morgan fingerprint density at radius 3 is 2.39 bits per heavy atom. The van der Waals surface area contributed by atoms with Crippen LogP contribution in [-0.4, -0.2) is 14.9 Å². The molecule has 0 saturated carbocycles. The number of halogens is 2. The molecule has 1 unspecified atom stereocenters. The normalized spacial score (nSPS) is 14.5. The average molecular weight is 252 g/mol. The van der Waals surface area contributed by atoms with E-state index in [9.17, 15) is 13.9 Å². The average Bonchev–Trinajstić information content (AvgIpc) is 2.61. The van der Waals surface area contributed by atoms with E-state index in [2.05, 4.69) is 5.10 Å². The number of aryl methyl sites for hydroxylation is 1. The molecule has 2 rings (SSSR count). The highest BCUT2D eigenvalue weighted by Crippen LogP contribution is 2.26. The quantitative estimate of drug-likeness (QED) is 0.909. The Kier molecular flexibility index (Phi) is 3.17. The maximum atomic E-state index is 13.1. The second kappa shape index (κ2) is 4.49. The summed E-state index contributed by atoms with van der Waals surface area (Å²) in [7, 11) is 1.76. The van der Waals surface area contributed by atoms with E-state index in [1.807, 2.05) is 0 Å². The van der Waals surface area contributed by atoms with Crippen LogP contribution in [0, 0.1) is 11.6 Å². The highest BCUT2D eigenvalue weighted by molar-refractivity contribution is 5.25. The van der Waals surface area contributed by atoms with Gasteiger partial charge in [0, 0.05) is 25.7 Å². The molecule has 1 aromatic carbocycles. The van der Waals surface area contributed by atoms with Gasteiger partial charge in [-0.15, -0.1) is 0 Å². The largest absolute Gasteiger partial charge is 0.385 e. The van der Waals surface area contributed by atoms with E-state index in [-0.39, 0.29) is 12.0 Å². The van der Waals surface area contributed by atoms with Crippen molar-refractivity contribution in [1.29, 1.82) is 0 Å². The van der Waals surface area contributed by atoms with E-state index < -0.39 is 17.2 Å². The summed E-state index contributed by atoms with van der Waals surface area (Å²) in [6.07, 6.45) is 1.94. The molecule has 1 atom stereocenters. The molecular formula is C13H14F2N2O. The Morgan fingerprint density at radius 2 is 1.89 bits per heavy atom. The van der Waals surface area contributed by atoms with E-state index in [1.165, 1.54) is 6.92 Å². The van der Waals surface area contributed by atoms with Crippen molar-refractivity contribution in [3.8, 4) is 0 Å². The molecule has 5 heteroatoms. The number of hydrogen-bond donors (Lipinski definition) is 1. The molecule has 0 aliphatic rings. The fourth-order valence-corrected chi connectivity index (χ4v) is 1.88. The van der Waals surface area contributed by atoms with Gasteiger partial charge in [0.25, 0.3) is 0 Å². The number of hydrogen-bond acceptors (Lipinski definition) is 2. The lowest BCUT2D eigenvalue weighted by molar-refractivity contribution is 0.0558. The van der Waals surface area contributed by atoms with Gasteiger partial charge in [-0.2, -0.15) is 5.10 Å². The Bertz CT molecular complexity index is 544. The molecule has 0 fully saturated rings. The van der Waals surface area contributed by atoms with Gasteiger partial charge in [0.2, 0.25) is 0 Å². The van der Waals surface area contributed by atoms with E-state index in [1.54, 1.807) is 24.0 Å². The third-order valence-corrected chi connectivity index (χ3v) is 2.78. The third kappa shape index (κ3) is 2.73. The Morgan fingerprint density at radius 1 is 1.28 bits per heavy atom. The SMILES string of the molecule is Cn1ccc(CC(C)(O)c2cc(F)cc(F)c2)n1. The van der Waals surface area contributed by atoms with Gasteiger partial charge in [0.05, 0.1) is 11.3 Å². The van der Waals surface area contributed by atoms with E-state index >= 15 is 0 Å². The van der Waals surface area contributed by atoms with Crippen molar-refractivity contribution in [2.45, 2.75) is 18.9 Å². The molecule has 0 bridgehead atoms. The van der Waals surface area contributed by atoms with E-state index in [4.69, 9.17) is 0 Å². The van der Waals surface area contributed by atoms with Crippen molar-refractivity contribution in [2.24, 2.45) is 7.05 Å². The molecule has 0 aliphatic heterocycles. The molecule has 1 aromatic heterocycles. The molecule has 0 saturated heterocycles. The van der Waals surface area contributed by atoms with Crippen LogP contribution in [0.3, 0.4) is 0 Å². The first-order valence-corrected chi connectivity index (χ1v) is 5.54. The van der Waals surface area contributed by atoms with Crippen molar-refractivity contribution in [2.75, 3.05) is 0 Å². The summed E-state index contributed by atoms with van der Waals surface area (Å²) >= 11 is 0. The van der Waals surface area contributed by atoms with Crippen LogP contribution in [0.1, 0.15) is 18.2 Å². The number of benzene rings is 1. The second-order valence-corrected chi connectivity index (χ2v) is 4.59. The van der Waals surface area contributed by atoms with Gasteiger partial charge < -0.3 is 5.11 Å². The zero-order chi connectivity index (χ0) is 13.3. The molecule has 96 valence electrons. The highest BCUT2D eigenvalue weighted by atomic mass is 19.1. The fraction of sp³-hybridized carbons (Fsp3) is 0.308. The van der Waals surface area contributed by atoms with Crippen molar-refractivity contribution in [3.05, 3.63) is 53.4 Å². The first kappa shape index (κ1) is 12.7. The standard InChI is InChI=1S/C13H14F2N2O/c1-13(18,8-12-3-4-17(2)16-12)9-5-10(14)7-11(15)6-9/h3-7,18H,8H2,1-2H3. The van der Waals surface area contributed by atoms with Gasteiger partial charge in [0.1, 0.15) is 11.6 Å². The maximum Gasteiger partial charge on any atom is 0.126 e. The Labute approximate surface area is 104 Å². The first-order valence-electron chi connectivity index (χ1n) is 5.54. The van der Waals surface area contributed by atoms with Crippen molar-refractivity contribution in [3.63, 3.8) is 0 Å². The van der Waals surface area contributed by atoms with E-state index in [0.717, 1.165) is 18.2 Å². The summed E-state index contributed by atoms with van der Waals surface area (Å²) in [5.74, 6) is -1.41. The lowest BCUT2D eigenvalue weighted by Crippen LogP contribution is -2.25. The lowest BCUT2D eigenvalue weighted by Gasteiger charge is -2.23. The molecule has 0 radical (unpaired) electrons. The van der Waals surface area contributed by atoms with Crippen LogP contribution in [-0.2, 0) is 19.1 Å². The number of rotatable bonds is 3. The summed E-state index contributed by atoms with van der Waals surface area (Å²) in [6, 6.07) is 4.79. The van der Waals surface area contributed by atoms with Crippen LogP contribution in [0.15, 0.2) is 30.5 Å². The minimum atomic E-state index is -1.36. The van der Waals surface area contributed by atoms with Crippen LogP contribution in [0.25, 0.3) is 0 Å². The smallest absolute Gasteiger partial charge is 0.126 e. The van der Waals surface area contributed by atoms with Crippen LogP contribution in [0.5, 0.6) is 0 Å². The van der Waals surface area contributed by atoms with Gasteiger partial charge in [-0.25, -0.2) is 8.78 Å². The predicted molar refractivity (Wildman–Crippen MR) is 62.8 cm³/mol. The third-order valence-electron chi connectivity index (χ3n) is 2.78. The fourth-order valence-electron chi connectivity index (χ4n) is 1.88. The summed E-state index contributed by atoms with van der Waals surface area (Å²) in [5.41, 5.74) is -0.505. The van der Waals surface area contributed by atoms with Crippen LogP contribution in [0.4, 0.5) is 8.78 Å². The molecule has 18 heavy (non-hydrogen) atoms. The minimum absolute atomic E-state index is 0.191. The zero-order valence-electron chi connectivity index (χ0n) is 10.2. The molecular weight excluding hydrogens is 238 g/mol. The lowest BCUT2D eigenvalue weighted by atomic mass is 9.91. The molecule has 2 aromatic rings. The topological polar surface area (TPSA) is 38.0 Å². The van der Waals surface area contributed by atoms with Crippen molar-refractivity contribution < 1.29 is 13.9 Å². The Hall–Kier alpha value is -1.75. The minimum Gasteiger partial charge on any atom is -0.385 e. The molecule has 0 spiro atoms. The molecule has 1 heterocycles. The monoisotopic (exact) mass is 252 g/mol. The van der Waals surface area contributed by atoms with Crippen LogP contribution in [0.2, 0.25) is 0 Å². The first-order chi connectivity index (χ1) is 8.37. The molecule has 0 aliphatic carbocycles. The van der Waals surface area contributed by atoms with Gasteiger partial charge in [0.15, 0.2) is 0 Å². The van der Waals surface area contributed by atoms with Crippen molar-refractivity contribution >= 4 is 0 Å². The van der Waals surface area contributed by atoms with Gasteiger partial charge in [-0.1, -0.05) is 0 Å². The number of aliphatic hydroxyl groups is 1. The van der Waals surface area contributed by atoms with E-state index in [0.29, 0.717) is 5.69 Å². The number of nitrogens with zero attached hydrogens (tertiary/aromatic N) is 2. The van der Waals surface area contributed by atoms with Crippen LogP contribution < -0.4 is 0 Å². The highest BCUT2D eigenvalue weighted by Gasteiger charge is 2.26. The Balaban J connectivity index is 2.29. The van der Waals surface area contributed by atoms with Gasteiger partial charge >= 0.3 is 0 Å². The predicted octanol–water partition coefficient (Wildman–Crippen LogP) is 2.15. The molecule has 0 amide bonds. The molecule has 3 nitrogen and oxygen atoms in total. The zero-order valence-corrected chi connectivity index (χ0v) is 10.2.